The van der Waals surface area contributed by atoms with Gasteiger partial charge < -0.3 is 9.88 Å². The van der Waals surface area contributed by atoms with E-state index in [2.05, 4.69) is 40.5 Å². The average Bonchev–Trinajstić information content (AvgIpc) is 2.94. The van der Waals surface area contributed by atoms with Crippen LogP contribution in [-0.2, 0) is 20.0 Å². The zero-order chi connectivity index (χ0) is 13.0. The highest BCUT2D eigenvalue weighted by Gasteiger charge is 2.03. The first-order chi connectivity index (χ1) is 8.66. The van der Waals surface area contributed by atoms with Crippen molar-refractivity contribution in [3.05, 3.63) is 30.1 Å². The summed E-state index contributed by atoms with van der Waals surface area (Å²) < 4.78 is 3.91. The summed E-state index contributed by atoms with van der Waals surface area (Å²) in [5.74, 6) is 0.996. The number of hydrogen-bond donors (Lipinski definition) is 1. The van der Waals surface area contributed by atoms with E-state index in [1.54, 1.807) is 6.33 Å². The van der Waals surface area contributed by atoms with Crippen molar-refractivity contribution in [1.82, 2.24) is 29.9 Å². The first-order valence-electron chi connectivity index (χ1n) is 6.24. The van der Waals surface area contributed by atoms with Gasteiger partial charge in [0.05, 0.1) is 5.69 Å². The molecular formula is C12H20N6. The van der Waals surface area contributed by atoms with Gasteiger partial charge in [-0.25, -0.2) is 0 Å². The van der Waals surface area contributed by atoms with Gasteiger partial charge in [0.1, 0.15) is 12.2 Å². The second-order valence-corrected chi connectivity index (χ2v) is 4.67. The zero-order valence-electron chi connectivity index (χ0n) is 11.2. The molecular weight excluding hydrogens is 228 g/mol. The molecule has 0 saturated carbocycles. The van der Waals surface area contributed by atoms with Crippen molar-refractivity contribution >= 4 is 0 Å². The van der Waals surface area contributed by atoms with Crippen LogP contribution in [0, 0.1) is 0 Å². The normalized spacial score (nSPS) is 11.3. The Morgan fingerprint density at radius 3 is 2.83 bits per heavy atom. The number of nitrogens with one attached hydrogen (secondary N) is 1. The molecule has 0 aliphatic rings. The van der Waals surface area contributed by atoms with Crippen LogP contribution in [0.15, 0.2) is 18.6 Å². The van der Waals surface area contributed by atoms with Gasteiger partial charge >= 0.3 is 0 Å². The molecule has 0 unspecified atom stereocenters. The molecule has 2 aromatic heterocycles. The van der Waals surface area contributed by atoms with Gasteiger partial charge in [0, 0.05) is 38.8 Å². The first-order valence-corrected chi connectivity index (χ1v) is 6.24. The van der Waals surface area contributed by atoms with E-state index < -0.39 is 0 Å². The fourth-order valence-corrected chi connectivity index (χ4v) is 1.71. The van der Waals surface area contributed by atoms with Crippen molar-refractivity contribution in [2.24, 2.45) is 7.05 Å². The maximum atomic E-state index is 4.48. The monoisotopic (exact) mass is 248 g/mol. The van der Waals surface area contributed by atoms with Crippen LogP contribution in [0.5, 0.6) is 0 Å². The molecule has 2 heterocycles. The largest absolute Gasteiger partial charge is 0.321 e. The third-order valence-corrected chi connectivity index (χ3v) is 2.83. The molecule has 2 rings (SSSR count). The summed E-state index contributed by atoms with van der Waals surface area (Å²) >= 11 is 0. The molecule has 0 bridgehead atoms. The van der Waals surface area contributed by atoms with Crippen molar-refractivity contribution in [3.8, 4) is 0 Å². The number of hydrogen-bond acceptors (Lipinski definition) is 4. The van der Waals surface area contributed by atoms with Gasteiger partial charge in [0.2, 0.25) is 0 Å². The van der Waals surface area contributed by atoms with Crippen LogP contribution < -0.4 is 5.32 Å². The maximum absolute atomic E-state index is 4.48. The lowest BCUT2D eigenvalue weighted by molar-refractivity contribution is 0.521. The number of rotatable bonds is 6. The molecule has 0 fully saturated rings. The van der Waals surface area contributed by atoms with Gasteiger partial charge in [-0.1, -0.05) is 0 Å². The number of nitrogens with zero attached hydrogens (tertiary/aromatic N) is 5. The van der Waals surface area contributed by atoms with Crippen molar-refractivity contribution in [2.75, 3.05) is 6.54 Å². The summed E-state index contributed by atoms with van der Waals surface area (Å²) in [7, 11) is 1.96. The van der Waals surface area contributed by atoms with Crippen molar-refractivity contribution in [3.63, 3.8) is 0 Å². The average molecular weight is 248 g/mol. The summed E-state index contributed by atoms with van der Waals surface area (Å²) in [5, 5.41) is 15.7. The highest BCUT2D eigenvalue weighted by atomic mass is 15.3. The van der Waals surface area contributed by atoms with E-state index in [9.17, 15) is 0 Å². The summed E-state index contributed by atoms with van der Waals surface area (Å²) in [6.07, 6.45) is 4.62. The SMILES string of the molecule is CC(C)n1ccc(CNCCc2nncn2C)n1. The lowest BCUT2D eigenvalue weighted by Gasteiger charge is -2.04. The lowest BCUT2D eigenvalue weighted by atomic mass is 10.3. The van der Waals surface area contributed by atoms with Crippen molar-refractivity contribution in [2.45, 2.75) is 32.9 Å². The zero-order valence-corrected chi connectivity index (χ0v) is 11.2. The van der Waals surface area contributed by atoms with Crippen molar-refractivity contribution in [1.29, 1.82) is 0 Å². The molecule has 98 valence electrons. The topological polar surface area (TPSA) is 60.6 Å². The summed E-state index contributed by atoms with van der Waals surface area (Å²) in [6.45, 7) is 5.91. The van der Waals surface area contributed by atoms with Crippen LogP contribution in [0.2, 0.25) is 0 Å². The van der Waals surface area contributed by atoms with Gasteiger partial charge in [-0.15, -0.1) is 10.2 Å². The van der Waals surface area contributed by atoms with E-state index in [1.807, 2.05) is 22.5 Å². The molecule has 0 atom stereocenters. The molecule has 0 radical (unpaired) electrons. The molecule has 6 nitrogen and oxygen atoms in total. The van der Waals surface area contributed by atoms with E-state index in [4.69, 9.17) is 0 Å². The highest BCUT2D eigenvalue weighted by Crippen LogP contribution is 2.03. The Balaban J connectivity index is 1.73. The lowest BCUT2D eigenvalue weighted by Crippen LogP contribution is -2.18. The van der Waals surface area contributed by atoms with Crippen LogP contribution in [0.3, 0.4) is 0 Å². The highest BCUT2D eigenvalue weighted by molar-refractivity contribution is 4.99. The molecule has 18 heavy (non-hydrogen) atoms. The predicted octanol–water partition coefficient (Wildman–Crippen LogP) is 0.925. The van der Waals surface area contributed by atoms with Crippen molar-refractivity contribution < 1.29 is 0 Å². The number of aromatic nitrogens is 5. The van der Waals surface area contributed by atoms with Crippen LogP contribution in [0.25, 0.3) is 0 Å². The Kier molecular flexibility index (Phi) is 4.09. The molecule has 0 amide bonds. The van der Waals surface area contributed by atoms with Gasteiger partial charge in [-0.05, 0) is 19.9 Å². The fraction of sp³-hybridized carbons (Fsp3) is 0.583. The quantitative estimate of drug-likeness (QED) is 0.772. The van der Waals surface area contributed by atoms with E-state index in [0.717, 1.165) is 31.0 Å². The standard InChI is InChI=1S/C12H20N6/c1-10(2)18-7-5-11(16-18)8-13-6-4-12-15-14-9-17(12)3/h5,7,9-10,13H,4,6,8H2,1-3H3. The van der Waals surface area contributed by atoms with Crippen LogP contribution in [0.4, 0.5) is 0 Å². The Hall–Kier alpha value is -1.69. The molecule has 0 spiro atoms. The summed E-state index contributed by atoms with van der Waals surface area (Å²) in [6, 6.07) is 2.47. The molecule has 0 aromatic carbocycles. The minimum atomic E-state index is 0.414. The fourth-order valence-electron chi connectivity index (χ4n) is 1.71. The van der Waals surface area contributed by atoms with E-state index in [1.165, 1.54) is 0 Å². The second kappa shape index (κ2) is 5.77. The molecule has 6 heteroatoms. The summed E-state index contributed by atoms with van der Waals surface area (Å²) in [5.41, 5.74) is 1.07. The van der Waals surface area contributed by atoms with Crippen LogP contribution >= 0.6 is 0 Å². The minimum Gasteiger partial charge on any atom is -0.321 e. The van der Waals surface area contributed by atoms with Crippen LogP contribution in [0.1, 0.15) is 31.4 Å². The third kappa shape index (κ3) is 3.16. The Labute approximate surface area is 107 Å². The molecule has 0 saturated heterocycles. The summed E-state index contributed by atoms with van der Waals surface area (Å²) in [4.78, 5) is 0. The molecule has 0 aliphatic heterocycles. The van der Waals surface area contributed by atoms with Gasteiger partial charge in [-0.3, -0.25) is 4.68 Å². The second-order valence-electron chi connectivity index (χ2n) is 4.67. The Morgan fingerprint density at radius 1 is 1.39 bits per heavy atom. The Bertz CT molecular complexity index is 484. The maximum Gasteiger partial charge on any atom is 0.133 e. The van der Waals surface area contributed by atoms with Gasteiger partial charge in [0.15, 0.2) is 0 Å². The molecule has 2 aromatic rings. The van der Waals surface area contributed by atoms with E-state index in [-0.39, 0.29) is 0 Å². The minimum absolute atomic E-state index is 0.414. The first kappa shape index (κ1) is 12.8. The predicted molar refractivity (Wildman–Crippen MR) is 69.0 cm³/mol. The van der Waals surface area contributed by atoms with E-state index in [0.29, 0.717) is 6.04 Å². The molecule has 0 aliphatic carbocycles. The van der Waals surface area contributed by atoms with Gasteiger partial charge in [0.25, 0.3) is 0 Å². The third-order valence-electron chi connectivity index (χ3n) is 2.83. The molecule has 1 N–H and O–H groups in total. The smallest absolute Gasteiger partial charge is 0.133 e. The van der Waals surface area contributed by atoms with Gasteiger partial charge in [-0.2, -0.15) is 5.10 Å². The van der Waals surface area contributed by atoms with E-state index >= 15 is 0 Å². The Morgan fingerprint density at radius 2 is 2.22 bits per heavy atom. The number of aryl methyl sites for hydroxylation is 1. The van der Waals surface area contributed by atoms with Crippen LogP contribution in [-0.4, -0.2) is 31.1 Å².